The van der Waals surface area contributed by atoms with Gasteiger partial charge in [-0.3, -0.25) is 4.79 Å². The van der Waals surface area contributed by atoms with Gasteiger partial charge in [0.25, 0.3) is 0 Å². The zero-order chi connectivity index (χ0) is 12.0. The zero-order valence-electron chi connectivity index (χ0n) is 10.5. The molecule has 0 bridgehead atoms. The molecule has 2 atom stereocenters. The second-order valence-electron chi connectivity index (χ2n) is 4.58. The largest absolute Gasteiger partial charge is 0.352 e. The van der Waals surface area contributed by atoms with Gasteiger partial charge < -0.3 is 15.5 Å². The summed E-state index contributed by atoms with van der Waals surface area (Å²) in [4.78, 5) is 14.0. The molecule has 4 nitrogen and oxygen atoms in total. The predicted molar refractivity (Wildman–Crippen MR) is 69.9 cm³/mol. The lowest BCUT2D eigenvalue weighted by molar-refractivity contribution is -0.123. The molecule has 1 aliphatic heterocycles. The molecule has 1 fully saturated rings. The van der Waals surface area contributed by atoms with Gasteiger partial charge in [-0.25, -0.2) is 0 Å². The highest BCUT2D eigenvalue weighted by molar-refractivity contribution is 7.99. The average molecular weight is 245 g/mol. The van der Waals surface area contributed by atoms with Crippen molar-refractivity contribution in [1.29, 1.82) is 0 Å². The van der Waals surface area contributed by atoms with Crippen molar-refractivity contribution >= 4 is 17.7 Å². The molecule has 1 amide bonds. The van der Waals surface area contributed by atoms with Crippen LogP contribution in [0.3, 0.4) is 0 Å². The summed E-state index contributed by atoms with van der Waals surface area (Å²) in [6.07, 6.45) is 0.999. The number of rotatable bonds is 5. The summed E-state index contributed by atoms with van der Waals surface area (Å²) in [7, 11) is 4.10. The van der Waals surface area contributed by atoms with Gasteiger partial charge in [0.05, 0.1) is 6.04 Å². The van der Waals surface area contributed by atoms with E-state index in [0.717, 1.165) is 31.0 Å². The number of carbonyl (C=O) groups is 1. The number of hydrogen-bond acceptors (Lipinski definition) is 4. The third kappa shape index (κ3) is 5.18. The van der Waals surface area contributed by atoms with Crippen LogP contribution in [-0.2, 0) is 4.79 Å². The Bertz CT molecular complexity index is 217. The first-order valence-electron chi connectivity index (χ1n) is 5.86. The molecule has 0 aromatic carbocycles. The van der Waals surface area contributed by atoms with Gasteiger partial charge in [-0.1, -0.05) is 0 Å². The van der Waals surface area contributed by atoms with Crippen LogP contribution in [0.25, 0.3) is 0 Å². The maximum absolute atomic E-state index is 11.9. The van der Waals surface area contributed by atoms with Crippen LogP contribution in [0.5, 0.6) is 0 Å². The molecule has 1 saturated heterocycles. The van der Waals surface area contributed by atoms with Crippen LogP contribution in [-0.4, -0.2) is 61.6 Å². The molecule has 0 saturated carbocycles. The Hall–Kier alpha value is -0.260. The maximum Gasteiger partial charge on any atom is 0.238 e. The highest BCUT2D eigenvalue weighted by Gasteiger charge is 2.21. The van der Waals surface area contributed by atoms with Crippen LogP contribution in [0.4, 0.5) is 0 Å². The van der Waals surface area contributed by atoms with Gasteiger partial charge in [0.2, 0.25) is 5.91 Å². The van der Waals surface area contributed by atoms with Gasteiger partial charge in [0, 0.05) is 24.1 Å². The van der Waals surface area contributed by atoms with E-state index in [1.54, 1.807) is 0 Å². The molecule has 2 N–H and O–H groups in total. The van der Waals surface area contributed by atoms with Crippen LogP contribution in [0.1, 0.15) is 13.3 Å². The Morgan fingerprint density at radius 2 is 2.38 bits per heavy atom. The number of hydrogen-bond donors (Lipinski definition) is 2. The van der Waals surface area contributed by atoms with Crippen LogP contribution < -0.4 is 10.6 Å². The first-order chi connectivity index (χ1) is 7.59. The molecule has 0 aliphatic carbocycles. The SMILES string of the molecule is CC(CCN(C)C)NC(=O)C1CSCCN1. The number of nitrogens with zero attached hydrogens (tertiary/aromatic N) is 1. The molecule has 1 aliphatic rings. The predicted octanol–water partition coefficient (Wildman–Crippen LogP) is 0.148. The summed E-state index contributed by atoms with van der Waals surface area (Å²) >= 11 is 1.85. The second-order valence-corrected chi connectivity index (χ2v) is 5.73. The van der Waals surface area contributed by atoms with E-state index in [4.69, 9.17) is 0 Å². The van der Waals surface area contributed by atoms with Crippen molar-refractivity contribution in [2.45, 2.75) is 25.4 Å². The lowest BCUT2D eigenvalue weighted by Gasteiger charge is -2.24. The summed E-state index contributed by atoms with van der Waals surface area (Å²) < 4.78 is 0. The minimum Gasteiger partial charge on any atom is -0.352 e. The summed E-state index contributed by atoms with van der Waals surface area (Å²) in [5.74, 6) is 2.16. The topological polar surface area (TPSA) is 44.4 Å². The van der Waals surface area contributed by atoms with Gasteiger partial charge in [-0.2, -0.15) is 11.8 Å². The van der Waals surface area contributed by atoms with Crippen LogP contribution in [0, 0.1) is 0 Å². The molecular formula is C11H23N3OS. The minimum atomic E-state index is 0.000515. The molecular weight excluding hydrogens is 222 g/mol. The quantitative estimate of drug-likeness (QED) is 0.724. The molecule has 0 aromatic heterocycles. The Balaban J connectivity index is 2.21. The van der Waals surface area contributed by atoms with Crippen LogP contribution in [0.15, 0.2) is 0 Å². The highest BCUT2D eigenvalue weighted by atomic mass is 32.2. The van der Waals surface area contributed by atoms with E-state index in [0.29, 0.717) is 0 Å². The molecule has 16 heavy (non-hydrogen) atoms. The maximum atomic E-state index is 11.9. The van der Waals surface area contributed by atoms with Crippen molar-refractivity contribution in [3.63, 3.8) is 0 Å². The number of amides is 1. The summed E-state index contributed by atoms with van der Waals surface area (Å²) in [5, 5.41) is 6.31. The Kier molecular flexibility index (Phi) is 6.16. The summed E-state index contributed by atoms with van der Waals surface area (Å²) in [5.41, 5.74) is 0. The molecule has 0 radical (unpaired) electrons. The second kappa shape index (κ2) is 7.14. The summed E-state index contributed by atoms with van der Waals surface area (Å²) in [6, 6.07) is 0.254. The monoisotopic (exact) mass is 245 g/mol. The molecule has 0 spiro atoms. The van der Waals surface area contributed by atoms with Crippen molar-refractivity contribution in [3.8, 4) is 0 Å². The lowest BCUT2D eigenvalue weighted by Crippen LogP contribution is -2.51. The number of nitrogens with one attached hydrogen (secondary N) is 2. The standard InChI is InChI=1S/C11H23N3OS/c1-9(4-6-14(2)3)13-11(15)10-8-16-7-5-12-10/h9-10,12H,4-8H2,1-3H3,(H,13,15). The molecule has 1 rings (SSSR count). The van der Waals surface area contributed by atoms with Crippen molar-refractivity contribution < 1.29 is 4.79 Å². The Labute approximate surface area is 103 Å². The lowest BCUT2D eigenvalue weighted by atomic mass is 10.2. The Morgan fingerprint density at radius 3 is 2.94 bits per heavy atom. The first-order valence-corrected chi connectivity index (χ1v) is 7.01. The number of thioether (sulfide) groups is 1. The van der Waals surface area contributed by atoms with E-state index < -0.39 is 0 Å². The van der Waals surface area contributed by atoms with Crippen molar-refractivity contribution in [2.24, 2.45) is 0 Å². The first kappa shape index (κ1) is 13.8. The van der Waals surface area contributed by atoms with E-state index in [1.807, 2.05) is 25.9 Å². The molecule has 0 aromatic rings. The molecule has 2 unspecified atom stereocenters. The fraction of sp³-hybridized carbons (Fsp3) is 0.909. The number of carbonyl (C=O) groups excluding carboxylic acids is 1. The molecule has 94 valence electrons. The Morgan fingerprint density at radius 1 is 1.62 bits per heavy atom. The van der Waals surface area contributed by atoms with Gasteiger partial charge >= 0.3 is 0 Å². The fourth-order valence-corrected chi connectivity index (χ4v) is 2.54. The van der Waals surface area contributed by atoms with E-state index in [1.165, 1.54) is 0 Å². The molecule has 1 heterocycles. The normalized spacial score (nSPS) is 23.1. The minimum absolute atomic E-state index is 0.000515. The third-order valence-electron chi connectivity index (χ3n) is 2.64. The smallest absolute Gasteiger partial charge is 0.238 e. The highest BCUT2D eigenvalue weighted by Crippen LogP contribution is 2.07. The van der Waals surface area contributed by atoms with Gasteiger partial charge in [0.1, 0.15) is 0 Å². The summed E-state index contributed by atoms with van der Waals surface area (Å²) in [6.45, 7) is 4.01. The van der Waals surface area contributed by atoms with Gasteiger partial charge in [-0.05, 0) is 34.0 Å². The van der Waals surface area contributed by atoms with Crippen molar-refractivity contribution in [3.05, 3.63) is 0 Å². The van der Waals surface area contributed by atoms with Gasteiger partial charge in [-0.15, -0.1) is 0 Å². The molecule has 5 heteroatoms. The van der Waals surface area contributed by atoms with Crippen LogP contribution in [0.2, 0.25) is 0 Å². The van der Waals surface area contributed by atoms with E-state index in [-0.39, 0.29) is 18.0 Å². The third-order valence-corrected chi connectivity index (χ3v) is 3.70. The van der Waals surface area contributed by atoms with Crippen molar-refractivity contribution in [1.82, 2.24) is 15.5 Å². The van der Waals surface area contributed by atoms with Crippen molar-refractivity contribution in [2.75, 3.05) is 38.7 Å². The van der Waals surface area contributed by atoms with E-state index in [2.05, 4.69) is 22.5 Å². The van der Waals surface area contributed by atoms with Crippen LogP contribution >= 0.6 is 11.8 Å². The van der Waals surface area contributed by atoms with E-state index >= 15 is 0 Å². The van der Waals surface area contributed by atoms with E-state index in [9.17, 15) is 4.79 Å². The fourth-order valence-electron chi connectivity index (χ4n) is 1.60. The van der Waals surface area contributed by atoms with Gasteiger partial charge in [0.15, 0.2) is 0 Å². The average Bonchev–Trinajstić information content (AvgIpc) is 2.27. The zero-order valence-corrected chi connectivity index (χ0v) is 11.3.